The van der Waals surface area contributed by atoms with Crippen molar-refractivity contribution in [3.63, 3.8) is 0 Å². The van der Waals surface area contributed by atoms with Crippen LogP contribution in [0, 0.1) is 19.8 Å². The summed E-state index contributed by atoms with van der Waals surface area (Å²) in [6, 6.07) is 0. The van der Waals surface area contributed by atoms with Gasteiger partial charge in [-0.15, -0.1) is 0 Å². The van der Waals surface area contributed by atoms with E-state index in [4.69, 9.17) is 10.5 Å². The lowest BCUT2D eigenvalue weighted by molar-refractivity contribution is 0.0519. The molecule has 0 bridgehead atoms. The molecule has 3 N–H and O–H groups in total. The molecule has 1 saturated heterocycles. The van der Waals surface area contributed by atoms with Crippen LogP contribution in [0.25, 0.3) is 0 Å². The number of sulfonamides is 1. The molecule has 0 spiro atoms. The molecule has 8 heteroatoms. The molecule has 124 valence electrons. The van der Waals surface area contributed by atoms with Gasteiger partial charge >= 0.3 is 5.97 Å². The molecule has 0 aliphatic carbocycles. The van der Waals surface area contributed by atoms with Crippen molar-refractivity contribution >= 4 is 16.0 Å². The maximum Gasteiger partial charge on any atom is 0.355 e. The highest BCUT2D eigenvalue weighted by Crippen LogP contribution is 2.30. The molecule has 0 radical (unpaired) electrons. The number of esters is 1. The predicted molar refractivity (Wildman–Crippen MR) is 82.1 cm³/mol. The predicted octanol–water partition coefficient (Wildman–Crippen LogP) is 0.778. The standard InChI is InChI=1S/C14H23N3O4S/c1-4-21-14(18)12-9(2)13(10(3)16-12)22(19,20)17-6-5-11(7-15)8-17/h11,16H,4-8,15H2,1-3H3. The van der Waals surface area contributed by atoms with Crippen LogP contribution in [0.15, 0.2) is 4.90 Å². The zero-order valence-electron chi connectivity index (χ0n) is 13.2. The van der Waals surface area contributed by atoms with Crippen LogP contribution in [-0.4, -0.2) is 49.9 Å². The fraction of sp³-hybridized carbons (Fsp3) is 0.643. The third-order valence-electron chi connectivity index (χ3n) is 4.03. The van der Waals surface area contributed by atoms with Crippen LogP contribution in [0.2, 0.25) is 0 Å². The number of carbonyl (C=O) groups excluding carboxylic acids is 1. The summed E-state index contributed by atoms with van der Waals surface area (Å²) in [5.41, 5.74) is 6.69. The van der Waals surface area contributed by atoms with E-state index in [1.807, 2.05) is 0 Å². The number of aromatic nitrogens is 1. The molecule has 22 heavy (non-hydrogen) atoms. The summed E-state index contributed by atoms with van der Waals surface area (Å²) in [5, 5.41) is 0. The van der Waals surface area contributed by atoms with Crippen molar-refractivity contribution in [3.05, 3.63) is 17.0 Å². The number of hydrogen-bond acceptors (Lipinski definition) is 5. The minimum absolute atomic E-state index is 0.174. The fourth-order valence-corrected chi connectivity index (χ4v) is 4.80. The Morgan fingerprint density at radius 1 is 1.45 bits per heavy atom. The van der Waals surface area contributed by atoms with Gasteiger partial charge in [0.1, 0.15) is 10.6 Å². The van der Waals surface area contributed by atoms with Crippen molar-refractivity contribution in [3.8, 4) is 0 Å². The average molecular weight is 329 g/mol. The number of nitrogens with two attached hydrogens (primary N) is 1. The Kier molecular flexibility index (Phi) is 4.93. The Morgan fingerprint density at radius 2 is 2.14 bits per heavy atom. The van der Waals surface area contributed by atoms with E-state index in [1.54, 1.807) is 20.8 Å². The molecule has 0 amide bonds. The van der Waals surface area contributed by atoms with Crippen molar-refractivity contribution in [2.45, 2.75) is 32.1 Å². The maximum atomic E-state index is 12.8. The fourth-order valence-electron chi connectivity index (χ4n) is 2.86. The first-order chi connectivity index (χ1) is 10.3. The lowest BCUT2D eigenvalue weighted by Gasteiger charge is -2.17. The summed E-state index contributed by atoms with van der Waals surface area (Å²) < 4.78 is 32.1. The maximum absolute atomic E-state index is 12.8. The number of H-pyrrole nitrogens is 1. The first-order valence-corrected chi connectivity index (χ1v) is 8.83. The van der Waals surface area contributed by atoms with E-state index in [2.05, 4.69) is 4.98 Å². The molecule has 1 aromatic rings. The molecule has 0 saturated carbocycles. The topological polar surface area (TPSA) is 105 Å². The van der Waals surface area contributed by atoms with Gasteiger partial charge in [-0.2, -0.15) is 4.31 Å². The second kappa shape index (κ2) is 6.39. The molecular formula is C14H23N3O4S. The molecular weight excluding hydrogens is 306 g/mol. The van der Waals surface area contributed by atoms with Gasteiger partial charge in [-0.25, -0.2) is 13.2 Å². The smallest absolute Gasteiger partial charge is 0.355 e. The lowest BCUT2D eigenvalue weighted by Crippen LogP contribution is -2.30. The summed E-state index contributed by atoms with van der Waals surface area (Å²) >= 11 is 0. The Morgan fingerprint density at radius 3 is 2.68 bits per heavy atom. The lowest BCUT2D eigenvalue weighted by atomic mass is 10.1. The monoisotopic (exact) mass is 329 g/mol. The van der Waals surface area contributed by atoms with E-state index in [-0.39, 0.29) is 23.1 Å². The number of rotatable bonds is 5. The number of nitrogens with one attached hydrogen (secondary N) is 1. The number of aryl methyl sites for hydroxylation is 1. The minimum atomic E-state index is -3.63. The molecule has 0 aromatic carbocycles. The zero-order chi connectivity index (χ0) is 16.5. The van der Waals surface area contributed by atoms with E-state index < -0.39 is 16.0 Å². The average Bonchev–Trinajstić information content (AvgIpc) is 3.04. The Bertz CT molecular complexity index is 666. The number of carbonyl (C=O) groups is 1. The highest BCUT2D eigenvalue weighted by Gasteiger charge is 2.36. The summed E-state index contributed by atoms with van der Waals surface area (Å²) in [6.45, 7) is 6.59. The molecule has 1 atom stereocenters. The van der Waals surface area contributed by atoms with Gasteiger partial charge in [0.25, 0.3) is 0 Å². The Labute approximate surface area is 130 Å². The largest absolute Gasteiger partial charge is 0.461 e. The summed E-state index contributed by atoms with van der Waals surface area (Å²) in [4.78, 5) is 14.9. The molecule has 1 aromatic heterocycles. The van der Waals surface area contributed by atoms with Crippen LogP contribution in [0.1, 0.15) is 35.1 Å². The highest BCUT2D eigenvalue weighted by molar-refractivity contribution is 7.89. The number of aromatic amines is 1. The molecule has 1 aliphatic heterocycles. The third kappa shape index (κ3) is 2.90. The van der Waals surface area contributed by atoms with Crippen molar-refractivity contribution in [1.82, 2.24) is 9.29 Å². The van der Waals surface area contributed by atoms with Gasteiger partial charge in [-0.05, 0) is 39.7 Å². The first-order valence-electron chi connectivity index (χ1n) is 7.39. The summed E-state index contributed by atoms with van der Waals surface area (Å²) in [6.07, 6.45) is 0.767. The van der Waals surface area contributed by atoms with E-state index in [1.165, 1.54) is 4.31 Å². The second-order valence-corrected chi connectivity index (χ2v) is 7.43. The zero-order valence-corrected chi connectivity index (χ0v) is 14.0. The number of hydrogen-bond donors (Lipinski definition) is 2. The van der Waals surface area contributed by atoms with E-state index >= 15 is 0 Å². The van der Waals surface area contributed by atoms with Crippen LogP contribution >= 0.6 is 0 Å². The molecule has 2 heterocycles. The van der Waals surface area contributed by atoms with Crippen LogP contribution < -0.4 is 5.73 Å². The normalized spacial score (nSPS) is 19.5. The van der Waals surface area contributed by atoms with Gasteiger partial charge in [0.15, 0.2) is 0 Å². The number of nitrogens with zero attached hydrogens (tertiary/aromatic N) is 1. The molecule has 2 rings (SSSR count). The SMILES string of the molecule is CCOC(=O)c1[nH]c(C)c(S(=O)(=O)N2CCC(CN)C2)c1C. The quantitative estimate of drug-likeness (QED) is 0.777. The highest BCUT2D eigenvalue weighted by atomic mass is 32.2. The minimum Gasteiger partial charge on any atom is -0.461 e. The van der Waals surface area contributed by atoms with Crippen LogP contribution in [-0.2, 0) is 14.8 Å². The van der Waals surface area contributed by atoms with Crippen LogP contribution in [0.5, 0.6) is 0 Å². The van der Waals surface area contributed by atoms with Gasteiger partial charge in [0, 0.05) is 24.3 Å². The van der Waals surface area contributed by atoms with Gasteiger partial charge in [-0.1, -0.05) is 0 Å². The van der Waals surface area contributed by atoms with E-state index in [0.717, 1.165) is 6.42 Å². The molecule has 1 aliphatic rings. The second-order valence-electron chi connectivity index (χ2n) is 5.55. The van der Waals surface area contributed by atoms with Crippen LogP contribution in [0.3, 0.4) is 0 Å². The van der Waals surface area contributed by atoms with E-state index in [9.17, 15) is 13.2 Å². The van der Waals surface area contributed by atoms with Crippen molar-refractivity contribution < 1.29 is 17.9 Å². The Hall–Kier alpha value is -1.38. The van der Waals surface area contributed by atoms with Crippen molar-refractivity contribution in [2.75, 3.05) is 26.2 Å². The first kappa shape index (κ1) is 17.0. The van der Waals surface area contributed by atoms with Crippen LogP contribution in [0.4, 0.5) is 0 Å². The van der Waals surface area contributed by atoms with Gasteiger partial charge in [0.2, 0.25) is 10.0 Å². The molecule has 1 unspecified atom stereocenters. The van der Waals surface area contributed by atoms with E-state index in [0.29, 0.717) is 30.9 Å². The van der Waals surface area contributed by atoms with Gasteiger partial charge in [-0.3, -0.25) is 0 Å². The third-order valence-corrected chi connectivity index (χ3v) is 6.17. The van der Waals surface area contributed by atoms with Crippen molar-refractivity contribution in [1.29, 1.82) is 0 Å². The summed E-state index contributed by atoms with van der Waals surface area (Å²) in [7, 11) is -3.63. The van der Waals surface area contributed by atoms with Crippen molar-refractivity contribution in [2.24, 2.45) is 11.7 Å². The van der Waals surface area contributed by atoms with Gasteiger partial charge < -0.3 is 15.5 Å². The summed E-state index contributed by atoms with van der Waals surface area (Å²) in [5.74, 6) is -0.343. The Balaban J connectivity index is 2.38. The molecule has 1 fully saturated rings. The molecule has 7 nitrogen and oxygen atoms in total. The van der Waals surface area contributed by atoms with Gasteiger partial charge in [0.05, 0.1) is 6.61 Å². The number of ether oxygens (including phenoxy) is 1.